The average Bonchev–Trinajstić information content (AvgIpc) is 0.780. The van der Waals surface area contributed by atoms with Crippen LogP contribution in [0.1, 0.15) is 102 Å². The Balaban J connectivity index is 0.000000353. The monoisotopic (exact) mass is 1910 g/mol. The fourth-order valence-corrected chi connectivity index (χ4v) is 15.5. The van der Waals surface area contributed by atoms with E-state index in [-0.39, 0.29) is 167 Å². The number of carbonyl (C=O) groups is 4. The van der Waals surface area contributed by atoms with Crippen molar-refractivity contribution in [1.29, 1.82) is 0 Å². The van der Waals surface area contributed by atoms with E-state index in [2.05, 4.69) is 75.4 Å². The summed E-state index contributed by atoms with van der Waals surface area (Å²) in [5.41, 5.74) is 17.3. The van der Waals surface area contributed by atoms with Gasteiger partial charge in [-0.15, -0.1) is 0 Å². The molecule has 6 saturated heterocycles. The lowest BCUT2D eigenvalue weighted by Crippen LogP contribution is -2.64. The van der Waals surface area contributed by atoms with Crippen molar-refractivity contribution in [3.05, 3.63) is 50.7 Å². The molecule has 6 fully saturated rings. The number of nitrogens with zero attached hydrogens (tertiary/aromatic N) is 6. The largest absolute Gasteiger partial charge is 0.463 e. The Kier molecular flexibility index (Phi) is 56.5. The highest BCUT2D eigenvalue weighted by molar-refractivity contribution is 7.86. The second kappa shape index (κ2) is 63.8. The molecule has 0 bridgehead atoms. The Morgan fingerprint density at radius 2 is 0.634 bits per heavy atom. The number of azide groups is 2. The van der Waals surface area contributed by atoms with Crippen LogP contribution in [0.4, 0.5) is 0 Å². The maximum Gasteiger partial charge on any atom is 0.302 e. The van der Waals surface area contributed by atoms with Gasteiger partial charge in [-0.1, -0.05) is 97.2 Å². The van der Waals surface area contributed by atoms with Crippen LogP contribution in [0, 0.1) is 66.1 Å². The fourth-order valence-electron chi connectivity index (χ4n) is 14.6. The molecule has 0 aliphatic carbocycles. The van der Waals surface area contributed by atoms with Crippen molar-refractivity contribution in [2.24, 2.45) is 69.4 Å². The van der Waals surface area contributed by atoms with Gasteiger partial charge in [-0.25, -0.2) is 0 Å². The van der Waals surface area contributed by atoms with Gasteiger partial charge in [0, 0.05) is 74.3 Å². The molecule has 1 aromatic carbocycles. The SMILES string of the molecule is CC(=O)OCC1O[C@@H](OCCOCCOCCOCCN=[N+]=[N-])C(C)[C@@H](C)[C@@H]1O[C@@H]1OC(COC(C)=O)[C@H](C)[C@H](C)C1C.CC(=O)OCC1O[C@@H](OCCOCCOCCOCCOS(=O)(=O)c2ccc(C)cc2)C(C)[C@@H](C)[C@@H]1O[C@@H]1OC(COC(C)=O)[C@H](C)[C@H](C)C1C.[N-]=[N+]=NCCOCCOCCOCCO[C@@H]1OC(CO)[C@@H](O[C@@H]2OC(CO)[C@H](O)[C@H](O)C2O)[C@H](O)C1O. The molecule has 1 aromatic rings. The summed E-state index contributed by atoms with van der Waals surface area (Å²) in [5.74, 6) is -0.728. The van der Waals surface area contributed by atoms with E-state index < -0.39 is 146 Å². The molecule has 45 nitrogen and oxygen atoms in total. The predicted molar refractivity (Wildman–Crippen MR) is 457 cm³/mol. The Hall–Kier alpha value is -5.49. The normalized spacial score (nSPS) is 32.5. The minimum Gasteiger partial charge on any atom is -0.463 e. The summed E-state index contributed by atoms with van der Waals surface area (Å²) < 4.78 is 172. The minimum atomic E-state index is -3.82. The fraction of sp³-hybridized carbons (Fsp3) is 0.882. The van der Waals surface area contributed by atoms with E-state index in [1.165, 1.54) is 39.8 Å². The molecule has 7 rings (SSSR count). The van der Waals surface area contributed by atoms with Crippen molar-refractivity contribution < 1.29 is 186 Å². The van der Waals surface area contributed by atoms with Gasteiger partial charge in [0.25, 0.3) is 10.1 Å². The zero-order chi connectivity index (χ0) is 96.5. The Bertz CT molecular complexity index is 3530. The summed E-state index contributed by atoms with van der Waals surface area (Å²) in [6, 6.07) is 6.44. The molecule has 0 aromatic heterocycles. The van der Waals surface area contributed by atoms with Gasteiger partial charge in [-0.2, -0.15) is 8.42 Å². The van der Waals surface area contributed by atoms with Crippen molar-refractivity contribution >= 4 is 34.0 Å². The molecule has 12 unspecified atom stereocenters. The molecule has 6 aliphatic rings. The smallest absolute Gasteiger partial charge is 0.302 e. The van der Waals surface area contributed by atoms with Crippen LogP contribution in [0.25, 0.3) is 20.9 Å². The highest BCUT2D eigenvalue weighted by Crippen LogP contribution is 2.43. The van der Waals surface area contributed by atoms with Gasteiger partial charge in [0.15, 0.2) is 37.7 Å². The van der Waals surface area contributed by atoms with Gasteiger partial charge in [0.2, 0.25) is 0 Å². The third-order valence-electron chi connectivity index (χ3n) is 23.6. The van der Waals surface area contributed by atoms with Gasteiger partial charge < -0.3 is 154 Å². The highest BCUT2D eigenvalue weighted by Gasteiger charge is 2.53. The maximum absolute atomic E-state index is 12.2. The van der Waals surface area contributed by atoms with E-state index >= 15 is 0 Å². The zero-order valence-corrected chi connectivity index (χ0v) is 78.9. The Morgan fingerprint density at radius 1 is 0.336 bits per heavy atom. The Labute approximate surface area is 766 Å². The number of carbonyl (C=O) groups excluding carboxylic acids is 4. The van der Waals surface area contributed by atoms with Gasteiger partial charge in [-0.05, 0) is 65.6 Å². The zero-order valence-electron chi connectivity index (χ0n) is 78.1. The molecular weight excluding hydrogens is 1760 g/mol. The van der Waals surface area contributed by atoms with E-state index in [4.69, 9.17) is 134 Å². The first-order chi connectivity index (χ1) is 62.6. The van der Waals surface area contributed by atoms with Crippen LogP contribution in [0.15, 0.2) is 39.4 Å². The van der Waals surface area contributed by atoms with E-state index in [0.717, 1.165) is 5.56 Å². The Morgan fingerprint density at radius 3 is 0.992 bits per heavy atom. The third kappa shape index (κ3) is 41.0. The second-order valence-corrected chi connectivity index (χ2v) is 34.4. The quantitative estimate of drug-likeness (QED) is 0.00934. The van der Waals surface area contributed by atoms with Gasteiger partial charge in [-0.3, -0.25) is 23.4 Å². The number of hydrogen-bond donors (Lipinski definition) is 7. The minimum absolute atomic E-state index is 0.00202. The van der Waals surface area contributed by atoms with Crippen LogP contribution in [-0.2, 0) is 152 Å². The summed E-state index contributed by atoms with van der Waals surface area (Å²) in [7, 11) is -3.82. The summed E-state index contributed by atoms with van der Waals surface area (Å²) in [6.45, 7) is 33.9. The van der Waals surface area contributed by atoms with Gasteiger partial charge >= 0.3 is 23.9 Å². The summed E-state index contributed by atoms with van der Waals surface area (Å²) >= 11 is 0. The number of aryl methyl sites for hydroxylation is 1. The van der Waals surface area contributed by atoms with Crippen molar-refractivity contribution in [3.63, 3.8) is 0 Å². The first kappa shape index (κ1) is 116. The molecule has 131 heavy (non-hydrogen) atoms. The van der Waals surface area contributed by atoms with Crippen LogP contribution in [-0.4, -0.2) is 389 Å². The molecule has 7 N–H and O–H groups in total. The third-order valence-corrected chi connectivity index (χ3v) is 24.9. The molecule has 46 heteroatoms. The van der Waals surface area contributed by atoms with Crippen molar-refractivity contribution in [3.8, 4) is 0 Å². The van der Waals surface area contributed by atoms with Crippen LogP contribution in [0.5, 0.6) is 0 Å². The number of aliphatic hydroxyl groups is 7. The van der Waals surface area contributed by atoms with Crippen molar-refractivity contribution in [2.45, 2.75) is 232 Å². The predicted octanol–water partition coefficient (Wildman–Crippen LogP) is 3.40. The second-order valence-electron chi connectivity index (χ2n) is 32.8. The van der Waals surface area contributed by atoms with Crippen LogP contribution in [0.3, 0.4) is 0 Å². The van der Waals surface area contributed by atoms with Crippen molar-refractivity contribution in [2.75, 3.05) is 198 Å². The standard InChI is InChI=1S/C36H58O14S.C29H51N3O11.C20H37N3O14/c1-23-9-11-31(12-10-23)51(39,40)47-20-18-43-16-14-41-13-15-42-17-19-44-35-28(6)26(4)34(33(49-35)22-46-30(8)38)50-36-27(5)24(2)25(3)32(48-36)21-45-29(7)37;1-18-19(2)25(16-39-23(6)33)41-29(21(18)4)43-27-20(3)22(5)28(42-26(27)17-40-24(7)34)38-15-14-37-13-12-36-11-10-35-9-8-31-32-30;21-23-22-1-2-31-3-4-32-5-6-33-7-8-34-19-17(30)15(28)18(12(10-25)36-19)37-20-16(29)14(27)13(26)11(9-24)35-20/h9-12,24-28,32-36H,13-22H2,1-8H3;18-22,25-29H,8-17H2,1-7H3;11-20,24-30H,1-10H2/t24-,25+,26+,27?,28?,32?,33?,34-,35+,36-;18-,19+,20+,21?,22?,25?,26?,27-,28+,29-;11?,12?,13-,14-,15+,16?,17?,18+,19+,20-/m000/s1. The maximum atomic E-state index is 12.2. The molecule has 6 aliphatic heterocycles. The number of hydrogen-bond acceptors (Lipinski definition) is 41. The first-order valence-electron chi connectivity index (χ1n) is 44.7. The molecule has 6 heterocycles. The lowest BCUT2D eigenvalue weighted by atomic mass is 9.78. The average molecular weight is 1910 g/mol. The summed E-state index contributed by atoms with van der Waals surface area (Å²) in [6.07, 6.45) is -20.0. The molecule has 0 radical (unpaired) electrons. The molecule has 0 amide bonds. The molecule has 756 valence electrons. The van der Waals surface area contributed by atoms with E-state index in [9.17, 15) is 63.3 Å². The van der Waals surface area contributed by atoms with Crippen LogP contribution in [0.2, 0.25) is 0 Å². The summed E-state index contributed by atoms with van der Waals surface area (Å²) in [5, 5.41) is 76.6. The van der Waals surface area contributed by atoms with E-state index in [0.29, 0.717) is 106 Å². The number of esters is 4. The first-order valence-corrected chi connectivity index (χ1v) is 46.1. The van der Waals surface area contributed by atoms with Crippen LogP contribution >= 0.6 is 0 Å². The van der Waals surface area contributed by atoms with Gasteiger partial charge in [0.05, 0.1) is 188 Å². The number of aliphatic hydroxyl groups excluding tert-OH is 7. The van der Waals surface area contributed by atoms with Gasteiger partial charge in [0.1, 0.15) is 87.5 Å². The summed E-state index contributed by atoms with van der Waals surface area (Å²) in [4.78, 5) is 51.6. The number of benzene rings is 1. The highest BCUT2D eigenvalue weighted by atomic mass is 32.2. The van der Waals surface area contributed by atoms with E-state index in [1.807, 2.05) is 20.8 Å². The molecular formula is C85H146N6O39S. The lowest BCUT2D eigenvalue weighted by Gasteiger charge is -2.48. The molecule has 0 saturated carbocycles. The molecule has 0 spiro atoms. The van der Waals surface area contributed by atoms with Crippen molar-refractivity contribution in [1.82, 2.24) is 0 Å². The van der Waals surface area contributed by atoms with E-state index in [1.54, 1.807) is 12.1 Å². The lowest BCUT2D eigenvalue weighted by molar-refractivity contribution is -0.359. The topological polar surface area (TPSA) is 582 Å². The molecule has 30 atom stereocenters. The number of rotatable bonds is 57. The van der Waals surface area contributed by atoms with Crippen LogP contribution < -0.4 is 0 Å². The number of ether oxygens (including phenoxy) is 25.